The third-order valence-electron chi connectivity index (χ3n) is 7.38. The Morgan fingerprint density at radius 3 is 2.50 bits per heavy atom. The molecule has 4 aromatic heterocycles. The fourth-order valence-electron chi connectivity index (χ4n) is 5.53. The van der Waals surface area contributed by atoms with Gasteiger partial charge in [0.2, 0.25) is 0 Å². The largest absolute Gasteiger partial charge is 0.450 e. The van der Waals surface area contributed by atoms with Crippen LogP contribution in [0.1, 0.15) is 49.6 Å². The molecule has 1 aliphatic heterocycles. The molecule has 0 saturated carbocycles. The number of rotatable bonds is 5. The molecule has 1 aliphatic rings. The Morgan fingerprint density at radius 2 is 1.83 bits per heavy atom. The van der Waals surface area contributed by atoms with E-state index in [0.717, 1.165) is 65.1 Å². The van der Waals surface area contributed by atoms with Gasteiger partial charge in [0.05, 0.1) is 28.4 Å². The molecule has 36 heavy (non-hydrogen) atoms. The molecule has 1 saturated heterocycles. The van der Waals surface area contributed by atoms with Crippen LogP contribution in [-0.2, 0) is 17.4 Å². The highest BCUT2D eigenvalue weighted by Gasteiger charge is 2.32. The number of aliphatic hydroxyl groups is 1. The van der Waals surface area contributed by atoms with Gasteiger partial charge in [-0.25, -0.2) is 4.68 Å². The normalized spacial score (nSPS) is 16.2. The molecular weight excluding hydrogens is 454 g/mol. The number of hydrogen-bond acceptors (Lipinski definition) is 6. The van der Waals surface area contributed by atoms with Gasteiger partial charge in [0.25, 0.3) is 0 Å². The van der Waals surface area contributed by atoms with Crippen molar-refractivity contribution in [3.63, 3.8) is 0 Å². The second kappa shape index (κ2) is 8.57. The van der Waals surface area contributed by atoms with Crippen LogP contribution in [0.2, 0.25) is 0 Å². The monoisotopic (exact) mass is 485 g/mol. The Kier molecular flexibility index (Phi) is 5.46. The summed E-state index contributed by atoms with van der Waals surface area (Å²) in [6.07, 6.45) is 3.68. The minimum Gasteiger partial charge on any atom is -0.450 e. The summed E-state index contributed by atoms with van der Waals surface area (Å²) in [6, 6.07) is 14.8. The maximum atomic E-state index is 10.8. The second-order valence-corrected chi connectivity index (χ2v) is 10.3. The van der Waals surface area contributed by atoms with Gasteiger partial charge < -0.3 is 18.8 Å². The Balaban J connectivity index is 1.67. The summed E-state index contributed by atoms with van der Waals surface area (Å²) in [5.74, 6) is 1.09. The fourth-order valence-corrected chi connectivity index (χ4v) is 5.53. The quantitative estimate of drug-likeness (QED) is 0.371. The van der Waals surface area contributed by atoms with Gasteiger partial charge in [-0.1, -0.05) is 35.5 Å². The van der Waals surface area contributed by atoms with Crippen LogP contribution < -0.4 is 0 Å². The second-order valence-electron chi connectivity index (χ2n) is 10.3. The molecule has 1 aromatic carbocycles. The zero-order chi connectivity index (χ0) is 25.0. The summed E-state index contributed by atoms with van der Waals surface area (Å²) in [5, 5.41) is 19.2. The van der Waals surface area contributed by atoms with E-state index >= 15 is 0 Å². The van der Waals surface area contributed by atoms with Crippen molar-refractivity contribution >= 4 is 22.1 Å². The third-order valence-corrected chi connectivity index (χ3v) is 7.38. The van der Waals surface area contributed by atoms with Crippen molar-refractivity contribution in [2.45, 2.75) is 45.3 Å². The van der Waals surface area contributed by atoms with Crippen LogP contribution in [0.25, 0.3) is 33.6 Å². The van der Waals surface area contributed by atoms with Gasteiger partial charge in [0, 0.05) is 38.1 Å². The van der Waals surface area contributed by atoms with Crippen LogP contribution in [0.3, 0.4) is 0 Å². The third kappa shape index (κ3) is 3.72. The summed E-state index contributed by atoms with van der Waals surface area (Å²) < 4.78 is 16.3. The average Bonchev–Trinajstić information content (AvgIpc) is 3.52. The van der Waals surface area contributed by atoms with E-state index < -0.39 is 5.60 Å². The van der Waals surface area contributed by atoms with Crippen molar-refractivity contribution in [2.75, 3.05) is 13.2 Å². The molecule has 8 heteroatoms. The molecule has 5 heterocycles. The van der Waals surface area contributed by atoms with E-state index in [2.05, 4.69) is 57.3 Å². The molecule has 1 unspecified atom stereocenters. The number of aromatic nitrogens is 5. The van der Waals surface area contributed by atoms with Crippen molar-refractivity contribution in [2.24, 2.45) is 13.0 Å². The number of hydrogen-bond donors (Lipinski definition) is 1. The number of aryl methyl sites for hydroxylation is 2. The van der Waals surface area contributed by atoms with Gasteiger partial charge in [0.15, 0.2) is 11.3 Å². The Hall–Kier alpha value is -3.49. The highest BCUT2D eigenvalue weighted by atomic mass is 16.5. The molecule has 1 fully saturated rings. The first kappa shape index (κ1) is 22.9. The lowest BCUT2D eigenvalue weighted by Gasteiger charge is -2.33. The molecule has 186 valence electrons. The smallest absolute Gasteiger partial charge is 0.179 e. The molecule has 0 radical (unpaired) electrons. The van der Waals surface area contributed by atoms with Crippen LogP contribution in [0, 0.1) is 12.8 Å². The lowest BCUT2D eigenvalue weighted by atomic mass is 9.86. The van der Waals surface area contributed by atoms with Crippen LogP contribution >= 0.6 is 0 Å². The Bertz CT molecular complexity index is 1520. The molecule has 6 rings (SSSR count). The maximum absolute atomic E-state index is 10.8. The first-order valence-electron chi connectivity index (χ1n) is 12.5. The molecule has 0 spiro atoms. The van der Waals surface area contributed by atoms with Crippen molar-refractivity contribution in [1.29, 1.82) is 0 Å². The van der Waals surface area contributed by atoms with E-state index in [4.69, 9.17) is 14.1 Å². The summed E-state index contributed by atoms with van der Waals surface area (Å²) in [6.45, 7) is 7.01. The number of nitrogens with zero attached hydrogens (tertiary/aromatic N) is 5. The highest BCUT2D eigenvalue weighted by molar-refractivity contribution is 6.04. The van der Waals surface area contributed by atoms with Crippen LogP contribution in [-0.4, -0.2) is 42.9 Å². The first-order valence-corrected chi connectivity index (χ1v) is 12.5. The van der Waals surface area contributed by atoms with Gasteiger partial charge >= 0.3 is 0 Å². The minimum absolute atomic E-state index is 0.0603. The number of benzene rings is 1. The Labute approximate surface area is 209 Å². The lowest BCUT2D eigenvalue weighted by Crippen LogP contribution is -2.27. The summed E-state index contributed by atoms with van der Waals surface area (Å²) in [4.78, 5) is 4.82. The van der Waals surface area contributed by atoms with Gasteiger partial charge in [0.1, 0.15) is 11.2 Å². The number of pyridine rings is 1. The van der Waals surface area contributed by atoms with Crippen LogP contribution in [0.4, 0.5) is 0 Å². The molecule has 8 nitrogen and oxygen atoms in total. The molecule has 5 aromatic rings. The zero-order valence-corrected chi connectivity index (χ0v) is 21.1. The van der Waals surface area contributed by atoms with Gasteiger partial charge in [-0.3, -0.25) is 4.98 Å². The van der Waals surface area contributed by atoms with E-state index in [-0.39, 0.29) is 6.04 Å². The topological polar surface area (TPSA) is 91.1 Å². The van der Waals surface area contributed by atoms with Crippen molar-refractivity contribution in [1.82, 2.24) is 24.5 Å². The first-order chi connectivity index (χ1) is 17.3. The Morgan fingerprint density at radius 1 is 1.08 bits per heavy atom. The van der Waals surface area contributed by atoms with Gasteiger partial charge in [-0.2, -0.15) is 0 Å². The van der Waals surface area contributed by atoms with Crippen LogP contribution in [0.15, 0.2) is 53.1 Å². The average molecular weight is 486 g/mol. The summed E-state index contributed by atoms with van der Waals surface area (Å²) in [7, 11) is 1.87. The van der Waals surface area contributed by atoms with Crippen molar-refractivity contribution in [3.05, 3.63) is 65.5 Å². The molecular formula is C28H31N5O3. The summed E-state index contributed by atoms with van der Waals surface area (Å²) in [5.41, 5.74) is 6.09. The summed E-state index contributed by atoms with van der Waals surface area (Å²) >= 11 is 0. The van der Waals surface area contributed by atoms with E-state index in [1.54, 1.807) is 24.7 Å². The molecule has 1 N–H and O–H groups in total. The van der Waals surface area contributed by atoms with E-state index in [0.29, 0.717) is 11.7 Å². The van der Waals surface area contributed by atoms with E-state index in [1.807, 2.05) is 14.0 Å². The highest BCUT2D eigenvalue weighted by Crippen LogP contribution is 2.43. The van der Waals surface area contributed by atoms with E-state index in [9.17, 15) is 5.11 Å². The van der Waals surface area contributed by atoms with Gasteiger partial charge in [-0.15, -0.1) is 5.10 Å². The number of fused-ring (bicyclic) bond motifs is 3. The molecule has 0 bridgehead atoms. The van der Waals surface area contributed by atoms with Gasteiger partial charge in [-0.05, 0) is 51.2 Å². The number of ether oxygens (including phenoxy) is 1. The van der Waals surface area contributed by atoms with E-state index in [1.165, 1.54) is 5.56 Å². The lowest BCUT2D eigenvalue weighted by molar-refractivity contribution is 0.0552. The SMILES string of the molecule is Cc1nnn(C)c1-c1cc2c(o1)c1ncc(C(C)(C)O)cc1n2C(c1ccccc1)C1CCOCC1. The van der Waals surface area contributed by atoms with Crippen molar-refractivity contribution in [3.8, 4) is 11.5 Å². The minimum atomic E-state index is -1.01. The maximum Gasteiger partial charge on any atom is 0.179 e. The predicted octanol–water partition coefficient (Wildman–Crippen LogP) is 5.13. The zero-order valence-electron chi connectivity index (χ0n) is 21.1. The predicted molar refractivity (Wildman–Crippen MR) is 138 cm³/mol. The fraction of sp³-hybridized carbons (Fsp3) is 0.393. The molecule has 0 amide bonds. The van der Waals surface area contributed by atoms with Crippen molar-refractivity contribution < 1.29 is 14.3 Å². The molecule has 0 aliphatic carbocycles. The number of furan rings is 1. The standard InChI is InChI=1S/C28H31N5O3/c1-17-25(32(4)31-30-17)23-15-22-27(36-23)24-21(14-20(16-29-24)28(2,3)34)33(22)26(18-8-6-5-7-9-18)19-10-12-35-13-11-19/h5-9,14-16,19,26,34H,10-13H2,1-4H3. The van der Waals surface area contributed by atoms with Crippen LogP contribution in [0.5, 0.6) is 0 Å². The molecule has 1 atom stereocenters.